The monoisotopic (exact) mass is 197 g/mol. The molecule has 1 heterocycles. The molecule has 0 saturated carbocycles. The number of rotatable bonds is 4. The summed E-state index contributed by atoms with van der Waals surface area (Å²) in [5.41, 5.74) is 4.32. The Balaban J connectivity index is 2.02. The molecular weight excluding hydrogens is 174 g/mol. The Labute approximate surface area is 87.7 Å². The van der Waals surface area contributed by atoms with Crippen molar-refractivity contribution in [3.05, 3.63) is 12.3 Å². The zero-order chi connectivity index (χ0) is 10.6. The Morgan fingerprint density at radius 3 is 2.64 bits per heavy atom. The molecule has 2 nitrogen and oxygen atoms in total. The van der Waals surface area contributed by atoms with Crippen LogP contribution in [0.3, 0.4) is 0 Å². The molecule has 0 radical (unpaired) electrons. The van der Waals surface area contributed by atoms with E-state index in [2.05, 4.69) is 32.8 Å². The molecule has 0 aromatic rings. The van der Waals surface area contributed by atoms with Crippen LogP contribution in [0.4, 0.5) is 0 Å². The van der Waals surface area contributed by atoms with Crippen LogP contribution < -0.4 is 5.48 Å². The van der Waals surface area contributed by atoms with Gasteiger partial charge >= 0.3 is 0 Å². The fraction of sp³-hybridized carbons (Fsp3) is 0.833. The molecule has 1 aliphatic heterocycles. The highest BCUT2D eigenvalue weighted by Crippen LogP contribution is 2.24. The average Bonchev–Trinajstić information content (AvgIpc) is 2.44. The van der Waals surface area contributed by atoms with Gasteiger partial charge in [-0.25, -0.2) is 0 Å². The van der Waals surface area contributed by atoms with Gasteiger partial charge < -0.3 is 0 Å². The summed E-state index contributed by atoms with van der Waals surface area (Å²) < 4.78 is 0. The van der Waals surface area contributed by atoms with Gasteiger partial charge in [-0.1, -0.05) is 40.2 Å². The lowest BCUT2D eigenvalue weighted by atomic mass is 9.89. The molecule has 82 valence electrons. The highest BCUT2D eigenvalue weighted by Gasteiger charge is 2.18. The van der Waals surface area contributed by atoms with Crippen LogP contribution in [0.2, 0.25) is 0 Å². The minimum absolute atomic E-state index is 0.363. The summed E-state index contributed by atoms with van der Waals surface area (Å²) in [5, 5.41) is 0. The maximum absolute atomic E-state index is 5.35. The summed E-state index contributed by atoms with van der Waals surface area (Å²) in [6, 6.07) is 0. The number of unbranched alkanes of at least 4 members (excludes halogenated alkanes) is 1. The maximum atomic E-state index is 5.35. The molecule has 0 spiro atoms. The van der Waals surface area contributed by atoms with Gasteiger partial charge in [-0.3, -0.25) is 10.3 Å². The highest BCUT2D eigenvalue weighted by molar-refractivity contribution is 4.94. The van der Waals surface area contributed by atoms with Gasteiger partial charge in [0.05, 0.1) is 6.10 Å². The second kappa shape index (κ2) is 4.83. The Morgan fingerprint density at radius 1 is 1.43 bits per heavy atom. The summed E-state index contributed by atoms with van der Waals surface area (Å²) >= 11 is 0. The summed E-state index contributed by atoms with van der Waals surface area (Å²) in [4.78, 5) is 5.35. The lowest BCUT2D eigenvalue weighted by Gasteiger charge is -2.17. The van der Waals surface area contributed by atoms with E-state index in [4.69, 9.17) is 4.84 Å². The van der Waals surface area contributed by atoms with Crippen molar-refractivity contribution in [2.45, 2.75) is 59.0 Å². The van der Waals surface area contributed by atoms with E-state index in [1.54, 1.807) is 0 Å². The van der Waals surface area contributed by atoms with Crippen molar-refractivity contribution >= 4 is 0 Å². The predicted octanol–water partition coefficient (Wildman–Crippen LogP) is 3.40. The summed E-state index contributed by atoms with van der Waals surface area (Å²) in [6.45, 7) is 10.7. The van der Waals surface area contributed by atoms with Crippen molar-refractivity contribution in [3.63, 3.8) is 0 Å². The van der Waals surface area contributed by atoms with E-state index >= 15 is 0 Å². The van der Waals surface area contributed by atoms with E-state index < -0.39 is 0 Å². The van der Waals surface area contributed by atoms with Gasteiger partial charge in [0.25, 0.3) is 0 Å². The standard InChI is InChI=1S/C12H23NO/c1-10-9-11(14-13-10)7-5-6-8-12(2,3)4/h11,13H,1,5-9H2,2-4H3. The second-order valence-electron chi connectivity index (χ2n) is 5.46. The van der Waals surface area contributed by atoms with Crippen LogP contribution in [-0.2, 0) is 4.84 Å². The smallest absolute Gasteiger partial charge is 0.0908 e. The zero-order valence-electron chi connectivity index (χ0n) is 9.73. The molecule has 1 N–H and O–H groups in total. The van der Waals surface area contributed by atoms with Crippen LogP contribution in [0, 0.1) is 5.41 Å². The number of hydroxylamine groups is 1. The first-order valence-corrected chi connectivity index (χ1v) is 5.57. The van der Waals surface area contributed by atoms with Crippen LogP contribution in [0.1, 0.15) is 52.9 Å². The minimum atomic E-state index is 0.363. The lowest BCUT2D eigenvalue weighted by Crippen LogP contribution is -2.10. The van der Waals surface area contributed by atoms with E-state index in [0.29, 0.717) is 11.5 Å². The van der Waals surface area contributed by atoms with Crippen LogP contribution >= 0.6 is 0 Å². The first-order valence-electron chi connectivity index (χ1n) is 5.57. The van der Waals surface area contributed by atoms with E-state index in [1.807, 2.05) is 0 Å². The van der Waals surface area contributed by atoms with Crippen molar-refractivity contribution in [1.82, 2.24) is 5.48 Å². The van der Waals surface area contributed by atoms with Crippen LogP contribution in [-0.4, -0.2) is 6.10 Å². The van der Waals surface area contributed by atoms with Gasteiger partial charge in [0.2, 0.25) is 0 Å². The summed E-state index contributed by atoms with van der Waals surface area (Å²) in [7, 11) is 0. The van der Waals surface area contributed by atoms with Crippen LogP contribution in [0.15, 0.2) is 12.3 Å². The molecule has 0 bridgehead atoms. The predicted molar refractivity (Wildman–Crippen MR) is 59.7 cm³/mol. The quantitative estimate of drug-likeness (QED) is 0.697. The molecule has 1 unspecified atom stereocenters. The van der Waals surface area contributed by atoms with Crippen molar-refractivity contribution in [1.29, 1.82) is 0 Å². The van der Waals surface area contributed by atoms with Gasteiger partial charge in [-0.15, -0.1) is 0 Å². The maximum Gasteiger partial charge on any atom is 0.0908 e. The van der Waals surface area contributed by atoms with E-state index in [1.165, 1.54) is 19.3 Å². The number of nitrogens with one attached hydrogen (secondary N) is 1. The number of hydrogen-bond acceptors (Lipinski definition) is 2. The molecule has 1 saturated heterocycles. The largest absolute Gasteiger partial charge is 0.273 e. The summed E-state index contributed by atoms with van der Waals surface area (Å²) in [6.07, 6.45) is 6.36. The molecule has 2 heteroatoms. The summed E-state index contributed by atoms with van der Waals surface area (Å²) in [5.74, 6) is 0. The van der Waals surface area contributed by atoms with Gasteiger partial charge in [0, 0.05) is 12.1 Å². The Morgan fingerprint density at radius 2 is 2.14 bits per heavy atom. The normalized spacial score (nSPS) is 22.5. The molecule has 14 heavy (non-hydrogen) atoms. The molecule has 1 fully saturated rings. The first-order chi connectivity index (χ1) is 6.47. The Bertz CT molecular complexity index is 193. The second-order valence-corrected chi connectivity index (χ2v) is 5.46. The Kier molecular flexibility index (Phi) is 3.99. The van der Waals surface area contributed by atoms with Gasteiger partial charge in [0.1, 0.15) is 0 Å². The molecule has 0 aromatic heterocycles. The first kappa shape index (κ1) is 11.6. The van der Waals surface area contributed by atoms with Crippen molar-refractivity contribution in [3.8, 4) is 0 Å². The third-order valence-corrected chi connectivity index (χ3v) is 2.55. The molecule has 1 aliphatic rings. The number of hydrogen-bond donors (Lipinski definition) is 1. The molecule has 1 atom stereocenters. The highest BCUT2D eigenvalue weighted by atomic mass is 16.7. The fourth-order valence-corrected chi connectivity index (χ4v) is 1.71. The van der Waals surface area contributed by atoms with Crippen molar-refractivity contribution in [2.24, 2.45) is 5.41 Å². The van der Waals surface area contributed by atoms with Crippen LogP contribution in [0.5, 0.6) is 0 Å². The van der Waals surface area contributed by atoms with Crippen molar-refractivity contribution < 1.29 is 4.84 Å². The van der Waals surface area contributed by atoms with E-state index in [0.717, 1.165) is 18.5 Å². The van der Waals surface area contributed by atoms with E-state index in [9.17, 15) is 0 Å². The van der Waals surface area contributed by atoms with E-state index in [-0.39, 0.29) is 0 Å². The van der Waals surface area contributed by atoms with Gasteiger partial charge in [0.15, 0.2) is 0 Å². The molecule has 0 aromatic carbocycles. The third kappa shape index (κ3) is 4.66. The van der Waals surface area contributed by atoms with Crippen LogP contribution in [0.25, 0.3) is 0 Å². The average molecular weight is 197 g/mol. The van der Waals surface area contributed by atoms with Gasteiger partial charge in [-0.2, -0.15) is 0 Å². The SMILES string of the molecule is C=C1CC(CCCCC(C)(C)C)ON1. The minimum Gasteiger partial charge on any atom is -0.273 e. The Hall–Kier alpha value is -0.500. The van der Waals surface area contributed by atoms with Gasteiger partial charge in [-0.05, 0) is 18.3 Å². The lowest BCUT2D eigenvalue weighted by molar-refractivity contribution is 0.0331. The van der Waals surface area contributed by atoms with Crippen molar-refractivity contribution in [2.75, 3.05) is 0 Å². The zero-order valence-corrected chi connectivity index (χ0v) is 9.73. The molecular formula is C12H23NO. The third-order valence-electron chi connectivity index (χ3n) is 2.55. The molecule has 0 aliphatic carbocycles. The molecule has 1 rings (SSSR count). The topological polar surface area (TPSA) is 21.3 Å². The molecule has 0 amide bonds. The fourth-order valence-electron chi connectivity index (χ4n) is 1.71.